The lowest BCUT2D eigenvalue weighted by Gasteiger charge is -2.07. The van der Waals surface area contributed by atoms with Crippen LogP contribution in [0.3, 0.4) is 0 Å². The molecule has 0 spiro atoms. The van der Waals surface area contributed by atoms with Gasteiger partial charge in [-0.2, -0.15) is 11.3 Å². The van der Waals surface area contributed by atoms with Gasteiger partial charge in [-0.3, -0.25) is 4.79 Å². The monoisotopic (exact) mass is 285 g/mol. The molecule has 1 amide bonds. The van der Waals surface area contributed by atoms with Gasteiger partial charge >= 0.3 is 0 Å². The number of nitrogens with one attached hydrogen (secondary N) is 1. The lowest BCUT2D eigenvalue weighted by atomic mass is 10.1. The van der Waals surface area contributed by atoms with Crippen molar-refractivity contribution in [3.63, 3.8) is 0 Å². The second-order valence-electron chi connectivity index (χ2n) is 4.47. The van der Waals surface area contributed by atoms with E-state index in [-0.39, 0.29) is 12.5 Å². The summed E-state index contributed by atoms with van der Waals surface area (Å²) in [5.74, 6) is 5.33. The fourth-order valence-electron chi connectivity index (χ4n) is 1.86. The predicted octanol–water partition coefficient (Wildman–Crippen LogP) is 2.96. The number of hydrogen-bond donors (Lipinski definition) is 2. The Morgan fingerprint density at radius 2 is 2.10 bits per heavy atom. The molecule has 3 nitrogen and oxygen atoms in total. The number of aliphatic hydroxyl groups excluding tert-OH is 1. The number of benzene rings is 1. The molecule has 0 fully saturated rings. The standard InChI is InChI=1S/C16H15NO2S/c1-11-6-13(4-3-5-18)8-14(7-11)17-16(19)15-10-20-9-12(15)2/h6-10,18H,5H2,1-2H3,(H,17,19). The molecule has 0 bridgehead atoms. The van der Waals surface area contributed by atoms with E-state index in [2.05, 4.69) is 17.2 Å². The number of aryl methyl sites for hydroxylation is 2. The van der Waals surface area contributed by atoms with Crippen molar-refractivity contribution in [1.82, 2.24) is 0 Å². The van der Waals surface area contributed by atoms with Crippen molar-refractivity contribution in [1.29, 1.82) is 0 Å². The van der Waals surface area contributed by atoms with Crippen molar-refractivity contribution in [3.8, 4) is 11.8 Å². The molecule has 0 saturated heterocycles. The fourth-order valence-corrected chi connectivity index (χ4v) is 2.69. The molecule has 2 rings (SSSR count). The normalized spacial score (nSPS) is 9.75. The molecule has 2 aromatic rings. The zero-order valence-corrected chi connectivity index (χ0v) is 12.2. The van der Waals surface area contributed by atoms with Crippen LogP contribution in [0.2, 0.25) is 0 Å². The third kappa shape index (κ3) is 3.47. The minimum Gasteiger partial charge on any atom is -0.384 e. The Hall–Kier alpha value is -2.09. The highest BCUT2D eigenvalue weighted by molar-refractivity contribution is 7.08. The SMILES string of the molecule is Cc1cc(C#CCO)cc(NC(=O)c2cscc2C)c1. The van der Waals surface area contributed by atoms with Crippen molar-refractivity contribution >= 4 is 22.9 Å². The molecular weight excluding hydrogens is 270 g/mol. The average Bonchev–Trinajstić information content (AvgIpc) is 2.82. The van der Waals surface area contributed by atoms with Crippen LogP contribution in [0.1, 0.15) is 27.0 Å². The van der Waals surface area contributed by atoms with Crippen LogP contribution in [-0.2, 0) is 0 Å². The van der Waals surface area contributed by atoms with E-state index in [9.17, 15) is 4.79 Å². The highest BCUT2D eigenvalue weighted by Crippen LogP contribution is 2.18. The summed E-state index contributed by atoms with van der Waals surface area (Å²) in [6.45, 7) is 3.68. The van der Waals surface area contributed by atoms with Gasteiger partial charge in [0.25, 0.3) is 5.91 Å². The minimum atomic E-state index is -0.177. The molecule has 0 radical (unpaired) electrons. The molecule has 0 unspecified atom stereocenters. The first-order valence-electron chi connectivity index (χ1n) is 6.15. The number of hydrogen-bond acceptors (Lipinski definition) is 3. The summed E-state index contributed by atoms with van der Waals surface area (Å²) in [5.41, 5.74) is 4.16. The summed E-state index contributed by atoms with van der Waals surface area (Å²) in [7, 11) is 0. The Morgan fingerprint density at radius 3 is 2.75 bits per heavy atom. The number of anilines is 1. The number of carbonyl (C=O) groups is 1. The van der Waals surface area contributed by atoms with Crippen LogP contribution >= 0.6 is 11.3 Å². The Kier molecular flexibility index (Phi) is 4.57. The maximum absolute atomic E-state index is 12.2. The van der Waals surface area contributed by atoms with Gasteiger partial charge in [-0.15, -0.1) is 0 Å². The zero-order valence-electron chi connectivity index (χ0n) is 11.4. The third-order valence-electron chi connectivity index (χ3n) is 2.75. The minimum absolute atomic E-state index is 0.115. The summed E-state index contributed by atoms with van der Waals surface area (Å²) in [4.78, 5) is 12.2. The van der Waals surface area contributed by atoms with Crippen molar-refractivity contribution < 1.29 is 9.90 Å². The van der Waals surface area contributed by atoms with Gasteiger partial charge in [-0.25, -0.2) is 0 Å². The number of carbonyl (C=O) groups excluding carboxylic acids is 1. The molecule has 102 valence electrons. The Labute approximate surface area is 122 Å². The van der Waals surface area contributed by atoms with Crippen molar-refractivity contribution in [2.24, 2.45) is 0 Å². The van der Waals surface area contributed by atoms with E-state index in [1.54, 1.807) is 6.07 Å². The summed E-state index contributed by atoms with van der Waals surface area (Å²) in [6, 6.07) is 5.60. The summed E-state index contributed by atoms with van der Waals surface area (Å²) in [5, 5.41) is 15.4. The molecule has 20 heavy (non-hydrogen) atoms. The highest BCUT2D eigenvalue weighted by Gasteiger charge is 2.10. The van der Waals surface area contributed by atoms with E-state index in [0.717, 1.165) is 16.7 Å². The molecule has 2 N–H and O–H groups in total. The number of amides is 1. The van der Waals surface area contributed by atoms with Gasteiger partial charge in [0.1, 0.15) is 6.61 Å². The van der Waals surface area contributed by atoms with Crippen LogP contribution in [0.5, 0.6) is 0 Å². The van der Waals surface area contributed by atoms with Gasteiger partial charge in [-0.1, -0.05) is 11.8 Å². The first-order chi connectivity index (χ1) is 9.60. The van der Waals surface area contributed by atoms with Crippen LogP contribution in [0.15, 0.2) is 29.0 Å². The zero-order chi connectivity index (χ0) is 14.5. The van der Waals surface area contributed by atoms with E-state index < -0.39 is 0 Å². The molecule has 1 heterocycles. The maximum atomic E-state index is 12.2. The molecule has 0 atom stereocenters. The van der Waals surface area contributed by atoms with E-state index in [0.29, 0.717) is 11.3 Å². The molecular formula is C16H15NO2S. The topological polar surface area (TPSA) is 49.3 Å². The quantitative estimate of drug-likeness (QED) is 0.833. The van der Waals surface area contributed by atoms with Crippen LogP contribution in [0, 0.1) is 25.7 Å². The maximum Gasteiger partial charge on any atom is 0.256 e. The molecule has 0 aliphatic heterocycles. The van der Waals surface area contributed by atoms with Gasteiger partial charge in [-0.05, 0) is 48.6 Å². The van der Waals surface area contributed by atoms with Crippen LogP contribution in [-0.4, -0.2) is 17.6 Å². The van der Waals surface area contributed by atoms with Gasteiger partial charge in [0.15, 0.2) is 0 Å². The van der Waals surface area contributed by atoms with Gasteiger partial charge in [0, 0.05) is 16.6 Å². The summed E-state index contributed by atoms with van der Waals surface area (Å²) < 4.78 is 0. The number of rotatable bonds is 2. The molecule has 0 aliphatic carbocycles. The van der Waals surface area contributed by atoms with Crippen LogP contribution < -0.4 is 5.32 Å². The van der Waals surface area contributed by atoms with Crippen molar-refractivity contribution in [2.75, 3.05) is 11.9 Å². The first kappa shape index (κ1) is 14.3. The Morgan fingerprint density at radius 1 is 1.30 bits per heavy atom. The number of aliphatic hydroxyl groups is 1. The lowest BCUT2D eigenvalue weighted by Crippen LogP contribution is -2.12. The number of thiophene rings is 1. The molecule has 0 saturated carbocycles. The van der Waals surface area contributed by atoms with Crippen molar-refractivity contribution in [3.05, 3.63) is 51.2 Å². The summed E-state index contributed by atoms with van der Waals surface area (Å²) in [6.07, 6.45) is 0. The molecule has 1 aromatic heterocycles. The smallest absolute Gasteiger partial charge is 0.256 e. The second kappa shape index (κ2) is 6.38. The highest BCUT2D eigenvalue weighted by atomic mass is 32.1. The average molecular weight is 285 g/mol. The molecule has 1 aromatic carbocycles. The molecule has 0 aliphatic rings. The third-order valence-corrected chi connectivity index (χ3v) is 3.61. The Bertz CT molecular complexity index is 692. The van der Waals surface area contributed by atoms with E-state index in [1.165, 1.54) is 11.3 Å². The van der Waals surface area contributed by atoms with Gasteiger partial charge in [0.2, 0.25) is 0 Å². The Balaban J connectivity index is 2.23. The lowest BCUT2D eigenvalue weighted by molar-refractivity contribution is 0.102. The van der Waals surface area contributed by atoms with E-state index in [1.807, 2.05) is 36.7 Å². The van der Waals surface area contributed by atoms with Gasteiger partial charge in [0.05, 0.1) is 5.56 Å². The predicted molar refractivity (Wildman–Crippen MR) is 82.2 cm³/mol. The first-order valence-corrected chi connectivity index (χ1v) is 7.10. The summed E-state index contributed by atoms with van der Waals surface area (Å²) >= 11 is 1.51. The largest absolute Gasteiger partial charge is 0.384 e. The van der Waals surface area contributed by atoms with Crippen LogP contribution in [0.25, 0.3) is 0 Å². The molecule has 4 heteroatoms. The fraction of sp³-hybridized carbons (Fsp3) is 0.188. The second-order valence-corrected chi connectivity index (χ2v) is 5.21. The van der Waals surface area contributed by atoms with E-state index >= 15 is 0 Å². The van der Waals surface area contributed by atoms with Crippen molar-refractivity contribution in [2.45, 2.75) is 13.8 Å². The van der Waals surface area contributed by atoms with E-state index in [4.69, 9.17) is 5.11 Å². The van der Waals surface area contributed by atoms with Gasteiger partial charge < -0.3 is 10.4 Å². The van der Waals surface area contributed by atoms with Crippen LogP contribution in [0.4, 0.5) is 5.69 Å².